The molecule has 0 heterocycles. The maximum absolute atomic E-state index is 8.64. The molecule has 0 amide bonds. The fourth-order valence-electron chi connectivity index (χ4n) is 1.19. The zero-order valence-electron chi connectivity index (χ0n) is 7.82. The second kappa shape index (κ2) is 7.23. The Morgan fingerprint density at radius 2 is 1.86 bits per heavy atom. The summed E-state index contributed by atoms with van der Waals surface area (Å²) in [4.78, 5) is 0. The third-order valence-corrected chi connectivity index (χ3v) is 2.50. The number of rotatable bonds is 4. The van der Waals surface area contributed by atoms with Crippen molar-refractivity contribution in [2.24, 2.45) is 5.73 Å². The van der Waals surface area contributed by atoms with Crippen molar-refractivity contribution < 1.29 is 5.11 Å². The van der Waals surface area contributed by atoms with Gasteiger partial charge in [-0.3, -0.25) is 0 Å². The Balaban J connectivity index is 0.00000169. The third-order valence-electron chi connectivity index (χ3n) is 1.97. The molecule has 0 aliphatic rings. The summed E-state index contributed by atoms with van der Waals surface area (Å²) in [6.45, 7) is 0.213. The van der Waals surface area contributed by atoms with Crippen LogP contribution in [0.2, 0.25) is 0 Å². The van der Waals surface area contributed by atoms with Crippen LogP contribution in [0.1, 0.15) is 24.4 Å². The van der Waals surface area contributed by atoms with Gasteiger partial charge in [0.05, 0.1) is 0 Å². The van der Waals surface area contributed by atoms with E-state index in [1.54, 1.807) is 0 Å². The van der Waals surface area contributed by atoms with Crippen LogP contribution in [0.15, 0.2) is 28.7 Å². The van der Waals surface area contributed by atoms with Crippen LogP contribution in [0.4, 0.5) is 0 Å². The van der Waals surface area contributed by atoms with E-state index in [9.17, 15) is 0 Å². The van der Waals surface area contributed by atoms with Crippen LogP contribution in [0.25, 0.3) is 0 Å². The molecule has 0 aliphatic carbocycles. The predicted octanol–water partition coefficient (Wildman–Crippen LogP) is 2.64. The van der Waals surface area contributed by atoms with Crippen LogP contribution < -0.4 is 5.73 Å². The molecule has 0 unspecified atom stereocenters. The number of halogens is 2. The van der Waals surface area contributed by atoms with Gasteiger partial charge in [0.15, 0.2) is 0 Å². The zero-order chi connectivity index (χ0) is 9.68. The second-order valence-electron chi connectivity index (χ2n) is 3.02. The summed E-state index contributed by atoms with van der Waals surface area (Å²) in [7, 11) is 0. The molecule has 1 rings (SSSR count). The van der Waals surface area contributed by atoms with Gasteiger partial charge in [0.2, 0.25) is 0 Å². The summed E-state index contributed by atoms with van der Waals surface area (Å²) in [5.74, 6) is 0. The van der Waals surface area contributed by atoms with Crippen molar-refractivity contribution in [3.8, 4) is 0 Å². The van der Waals surface area contributed by atoms with Crippen LogP contribution in [0.3, 0.4) is 0 Å². The molecular weight excluding hydrogens is 265 g/mol. The van der Waals surface area contributed by atoms with Crippen LogP contribution in [-0.2, 0) is 0 Å². The van der Waals surface area contributed by atoms with Gasteiger partial charge in [-0.05, 0) is 30.5 Å². The van der Waals surface area contributed by atoms with Gasteiger partial charge >= 0.3 is 0 Å². The Bertz CT molecular complexity index is 253. The first-order chi connectivity index (χ1) is 6.24. The van der Waals surface area contributed by atoms with E-state index < -0.39 is 0 Å². The Morgan fingerprint density at radius 3 is 2.36 bits per heavy atom. The summed E-state index contributed by atoms with van der Waals surface area (Å²) in [5.41, 5.74) is 7.03. The average molecular weight is 281 g/mol. The molecule has 0 fully saturated rings. The molecule has 1 atom stereocenters. The van der Waals surface area contributed by atoms with Gasteiger partial charge < -0.3 is 10.8 Å². The van der Waals surface area contributed by atoms with E-state index in [0.29, 0.717) is 0 Å². The van der Waals surface area contributed by atoms with Gasteiger partial charge in [-0.2, -0.15) is 0 Å². The summed E-state index contributed by atoms with van der Waals surface area (Å²) in [5, 5.41) is 8.64. The Labute approximate surface area is 99.0 Å². The Kier molecular flexibility index (Phi) is 7.19. The predicted molar refractivity (Wildman–Crippen MR) is 64.6 cm³/mol. The monoisotopic (exact) mass is 279 g/mol. The van der Waals surface area contributed by atoms with Crippen molar-refractivity contribution in [1.29, 1.82) is 0 Å². The fraction of sp³-hybridized carbons (Fsp3) is 0.400. The van der Waals surface area contributed by atoms with E-state index in [1.165, 1.54) is 0 Å². The van der Waals surface area contributed by atoms with Crippen LogP contribution in [0.5, 0.6) is 0 Å². The van der Waals surface area contributed by atoms with Gasteiger partial charge in [0, 0.05) is 17.1 Å². The average Bonchev–Trinajstić information content (AvgIpc) is 2.15. The first-order valence-electron chi connectivity index (χ1n) is 4.36. The highest BCUT2D eigenvalue weighted by molar-refractivity contribution is 9.10. The highest BCUT2D eigenvalue weighted by Gasteiger charge is 2.04. The number of nitrogens with two attached hydrogens (primary N) is 1. The van der Waals surface area contributed by atoms with Gasteiger partial charge in [-0.1, -0.05) is 28.1 Å². The molecule has 2 nitrogen and oxygen atoms in total. The number of aliphatic hydroxyl groups is 1. The summed E-state index contributed by atoms with van der Waals surface area (Å²) in [6.07, 6.45) is 1.59. The SMILES string of the molecule is Cl.N[C@H](CCCO)c1ccc(Br)cc1. The largest absolute Gasteiger partial charge is 0.396 e. The zero-order valence-corrected chi connectivity index (χ0v) is 10.2. The minimum absolute atomic E-state index is 0. The Hall–Kier alpha value is -0.0900. The van der Waals surface area contributed by atoms with E-state index >= 15 is 0 Å². The van der Waals surface area contributed by atoms with E-state index in [2.05, 4.69) is 15.9 Å². The van der Waals surface area contributed by atoms with Crippen molar-refractivity contribution in [2.45, 2.75) is 18.9 Å². The standard InChI is InChI=1S/C10H14BrNO.ClH/c11-9-5-3-8(4-6-9)10(12)2-1-7-13;/h3-6,10,13H,1-2,7,12H2;1H/t10-;/m1./s1. The Morgan fingerprint density at radius 1 is 1.29 bits per heavy atom. The maximum atomic E-state index is 8.64. The highest BCUT2D eigenvalue weighted by Crippen LogP contribution is 2.18. The normalized spacial score (nSPS) is 11.9. The summed E-state index contributed by atoms with van der Waals surface area (Å²) in [6, 6.07) is 8.01. The highest BCUT2D eigenvalue weighted by atomic mass is 79.9. The fourth-order valence-corrected chi connectivity index (χ4v) is 1.45. The van der Waals surface area contributed by atoms with Crippen molar-refractivity contribution in [2.75, 3.05) is 6.61 Å². The van der Waals surface area contributed by atoms with E-state index in [0.717, 1.165) is 22.9 Å². The molecule has 0 radical (unpaired) electrons. The topological polar surface area (TPSA) is 46.2 Å². The smallest absolute Gasteiger partial charge is 0.0431 e. The van der Waals surface area contributed by atoms with Crippen LogP contribution in [-0.4, -0.2) is 11.7 Å². The van der Waals surface area contributed by atoms with Gasteiger partial charge in [0.1, 0.15) is 0 Å². The van der Waals surface area contributed by atoms with E-state index in [1.807, 2.05) is 24.3 Å². The molecule has 0 aliphatic heterocycles. The van der Waals surface area contributed by atoms with Crippen LogP contribution >= 0.6 is 28.3 Å². The molecule has 80 valence electrons. The number of benzene rings is 1. The van der Waals surface area contributed by atoms with E-state index in [-0.39, 0.29) is 25.1 Å². The second-order valence-corrected chi connectivity index (χ2v) is 3.94. The first-order valence-corrected chi connectivity index (χ1v) is 5.15. The quantitative estimate of drug-likeness (QED) is 0.891. The molecule has 1 aromatic rings. The van der Waals surface area contributed by atoms with Crippen molar-refractivity contribution in [3.63, 3.8) is 0 Å². The summed E-state index contributed by atoms with van der Waals surface area (Å²) < 4.78 is 1.06. The molecule has 0 saturated carbocycles. The van der Waals surface area contributed by atoms with Gasteiger partial charge in [-0.15, -0.1) is 12.4 Å². The third kappa shape index (κ3) is 4.42. The summed E-state index contributed by atoms with van der Waals surface area (Å²) >= 11 is 3.37. The number of aliphatic hydroxyl groups excluding tert-OH is 1. The van der Waals surface area contributed by atoms with Crippen molar-refractivity contribution >= 4 is 28.3 Å². The maximum Gasteiger partial charge on any atom is 0.0431 e. The lowest BCUT2D eigenvalue weighted by molar-refractivity contribution is 0.280. The van der Waals surface area contributed by atoms with Crippen molar-refractivity contribution in [1.82, 2.24) is 0 Å². The lowest BCUT2D eigenvalue weighted by atomic mass is 10.0. The van der Waals surface area contributed by atoms with Gasteiger partial charge in [0.25, 0.3) is 0 Å². The first kappa shape index (κ1) is 13.9. The molecule has 0 aromatic heterocycles. The minimum atomic E-state index is 0. The van der Waals surface area contributed by atoms with Crippen LogP contribution in [0, 0.1) is 0 Å². The molecule has 14 heavy (non-hydrogen) atoms. The molecule has 0 bridgehead atoms. The van der Waals surface area contributed by atoms with Crippen molar-refractivity contribution in [3.05, 3.63) is 34.3 Å². The number of hydrogen-bond donors (Lipinski definition) is 2. The molecule has 3 N–H and O–H groups in total. The minimum Gasteiger partial charge on any atom is -0.396 e. The molecule has 1 aromatic carbocycles. The lowest BCUT2D eigenvalue weighted by Crippen LogP contribution is -2.10. The molecule has 4 heteroatoms. The molecule has 0 saturated heterocycles. The lowest BCUT2D eigenvalue weighted by Gasteiger charge is -2.10. The van der Waals surface area contributed by atoms with Gasteiger partial charge in [-0.25, -0.2) is 0 Å². The number of hydrogen-bond acceptors (Lipinski definition) is 2. The van der Waals surface area contributed by atoms with E-state index in [4.69, 9.17) is 10.8 Å². The molecule has 0 spiro atoms. The molecular formula is C10H15BrClNO.